The molecule has 0 radical (unpaired) electrons. The van der Waals surface area contributed by atoms with E-state index in [-0.39, 0.29) is 46.9 Å². The third kappa shape index (κ3) is 5.23. The third-order valence-electron chi connectivity index (χ3n) is 4.38. The van der Waals surface area contributed by atoms with E-state index in [0.717, 1.165) is 12.1 Å². The number of benzene rings is 2. The molecule has 2 aromatic heterocycles. The summed E-state index contributed by atoms with van der Waals surface area (Å²) in [6, 6.07) is 8.26. The SMILES string of the molecule is COc1cc(Nc2ncc(C)c(Nc3ccc4oc(=O)[nH]c4c3)n2)cc(C(F)(F)F)c1.[NaH]. The van der Waals surface area contributed by atoms with Crippen molar-refractivity contribution in [2.75, 3.05) is 17.7 Å². The summed E-state index contributed by atoms with van der Waals surface area (Å²) in [5, 5.41) is 5.87. The Morgan fingerprint density at radius 2 is 1.88 bits per heavy atom. The summed E-state index contributed by atoms with van der Waals surface area (Å²) in [6.45, 7) is 1.78. The van der Waals surface area contributed by atoms with Gasteiger partial charge in [0.05, 0.1) is 18.2 Å². The van der Waals surface area contributed by atoms with Gasteiger partial charge in [0.1, 0.15) is 11.6 Å². The number of aryl methyl sites for hydroxylation is 1. The van der Waals surface area contributed by atoms with Gasteiger partial charge in [-0.25, -0.2) is 9.78 Å². The number of hydrogen-bond donors (Lipinski definition) is 3. The van der Waals surface area contributed by atoms with Gasteiger partial charge in [-0.15, -0.1) is 0 Å². The normalized spacial score (nSPS) is 11.2. The molecule has 0 aliphatic heterocycles. The van der Waals surface area contributed by atoms with E-state index in [2.05, 4.69) is 25.6 Å². The summed E-state index contributed by atoms with van der Waals surface area (Å²) in [5.41, 5.74) is 1.51. The number of nitrogens with one attached hydrogen (secondary N) is 3. The molecule has 2 aromatic carbocycles. The van der Waals surface area contributed by atoms with Gasteiger partial charge in [-0.2, -0.15) is 18.2 Å². The van der Waals surface area contributed by atoms with Gasteiger partial charge in [0.2, 0.25) is 5.95 Å². The van der Waals surface area contributed by atoms with Crippen LogP contribution in [0.4, 0.5) is 36.3 Å². The van der Waals surface area contributed by atoms with E-state index in [1.807, 2.05) is 0 Å². The number of fused-ring (bicyclic) bond motifs is 1. The molecule has 4 aromatic rings. The van der Waals surface area contributed by atoms with Crippen molar-refractivity contribution < 1.29 is 22.3 Å². The van der Waals surface area contributed by atoms with Crippen LogP contribution in [0.3, 0.4) is 0 Å². The van der Waals surface area contributed by atoms with Gasteiger partial charge in [-0.05, 0) is 37.3 Å². The molecule has 2 heterocycles. The Kier molecular flexibility index (Phi) is 6.82. The van der Waals surface area contributed by atoms with Crippen LogP contribution in [-0.2, 0) is 6.18 Å². The number of aromatic nitrogens is 3. The molecule has 12 heteroatoms. The average Bonchev–Trinajstić information content (AvgIpc) is 3.09. The maximum absolute atomic E-state index is 13.1. The number of rotatable bonds is 5. The summed E-state index contributed by atoms with van der Waals surface area (Å²) in [4.78, 5) is 22.3. The van der Waals surface area contributed by atoms with E-state index in [4.69, 9.17) is 9.15 Å². The molecule has 0 bridgehead atoms. The molecule has 0 amide bonds. The molecule has 4 rings (SSSR count). The minimum absolute atomic E-state index is 0. The molecule has 162 valence electrons. The van der Waals surface area contributed by atoms with E-state index in [1.54, 1.807) is 25.1 Å². The zero-order valence-electron chi connectivity index (χ0n) is 16.3. The monoisotopic (exact) mass is 455 g/mol. The Morgan fingerprint density at radius 3 is 2.59 bits per heavy atom. The predicted molar refractivity (Wildman–Crippen MR) is 115 cm³/mol. The van der Waals surface area contributed by atoms with E-state index >= 15 is 0 Å². The minimum atomic E-state index is -4.53. The number of alkyl halides is 3. The molecule has 0 aliphatic rings. The maximum atomic E-state index is 13.1. The van der Waals surface area contributed by atoms with E-state index in [1.165, 1.54) is 19.4 Å². The second-order valence-corrected chi connectivity index (χ2v) is 6.65. The van der Waals surface area contributed by atoms with Crippen LogP contribution in [0.1, 0.15) is 11.1 Å². The van der Waals surface area contributed by atoms with Crippen LogP contribution in [0.5, 0.6) is 5.75 Å². The van der Waals surface area contributed by atoms with Gasteiger partial charge in [-0.1, -0.05) is 0 Å². The summed E-state index contributed by atoms with van der Waals surface area (Å²) in [6.07, 6.45) is -3.00. The van der Waals surface area contributed by atoms with Gasteiger partial charge in [0.15, 0.2) is 5.58 Å². The fourth-order valence-corrected chi connectivity index (χ4v) is 2.88. The Balaban J connectivity index is 0.00000289. The first-order valence-corrected chi connectivity index (χ1v) is 8.98. The van der Waals surface area contributed by atoms with E-state index in [0.29, 0.717) is 28.2 Å². The number of ether oxygens (including phenoxy) is 1. The zero-order valence-corrected chi connectivity index (χ0v) is 16.3. The Hall–Kier alpha value is -3.02. The first kappa shape index (κ1) is 23.6. The number of methoxy groups -OCH3 is 1. The molecule has 0 unspecified atom stereocenters. The molecule has 0 aliphatic carbocycles. The van der Waals surface area contributed by atoms with Crippen LogP contribution in [-0.4, -0.2) is 51.6 Å². The average molecular weight is 455 g/mol. The van der Waals surface area contributed by atoms with E-state index < -0.39 is 17.5 Å². The van der Waals surface area contributed by atoms with Crippen LogP contribution in [0.15, 0.2) is 51.8 Å². The molecule has 0 spiro atoms. The van der Waals surface area contributed by atoms with Crippen LogP contribution in [0.25, 0.3) is 11.1 Å². The van der Waals surface area contributed by atoms with Gasteiger partial charge in [-0.3, -0.25) is 4.98 Å². The first-order valence-electron chi connectivity index (χ1n) is 8.98. The third-order valence-corrected chi connectivity index (χ3v) is 4.38. The number of H-pyrrole nitrogens is 1. The van der Waals surface area contributed by atoms with Crippen molar-refractivity contribution in [2.24, 2.45) is 0 Å². The standard InChI is InChI=1S/C20H16F3N5O3.Na.H/c1-10-9-24-18(26-13-5-11(20(21,22)23)6-14(7-13)30-2)28-17(10)25-12-3-4-16-15(8-12)27-19(29)31-16;;/h3-9H,1-2H3,(H,27,29)(H2,24,25,26,28);;. The molecule has 0 atom stereocenters. The van der Waals surface area contributed by atoms with Crippen LogP contribution < -0.4 is 21.1 Å². The number of oxazole rings is 1. The summed E-state index contributed by atoms with van der Waals surface area (Å²) in [7, 11) is 1.29. The van der Waals surface area contributed by atoms with Crippen molar-refractivity contribution in [3.8, 4) is 5.75 Å². The molecule has 0 saturated heterocycles. The Morgan fingerprint density at radius 1 is 1.09 bits per heavy atom. The summed E-state index contributed by atoms with van der Waals surface area (Å²) < 4.78 is 49.4. The zero-order chi connectivity index (χ0) is 22.2. The molecular formula is C20H17F3N5NaO3. The molecular weight excluding hydrogens is 438 g/mol. The van der Waals surface area contributed by atoms with Gasteiger partial charge < -0.3 is 19.8 Å². The van der Waals surface area contributed by atoms with E-state index in [9.17, 15) is 18.0 Å². The summed E-state index contributed by atoms with van der Waals surface area (Å²) in [5.74, 6) is 0.00691. The van der Waals surface area contributed by atoms with Gasteiger partial charge in [0.25, 0.3) is 0 Å². The Bertz CT molecular complexity index is 1320. The summed E-state index contributed by atoms with van der Waals surface area (Å²) >= 11 is 0. The Labute approximate surface area is 201 Å². The van der Waals surface area contributed by atoms with Gasteiger partial charge in [0, 0.05) is 29.2 Å². The van der Waals surface area contributed by atoms with Crippen molar-refractivity contribution in [1.82, 2.24) is 15.0 Å². The molecule has 3 N–H and O–H groups in total. The van der Waals surface area contributed by atoms with Crippen LogP contribution in [0, 0.1) is 6.92 Å². The number of aromatic amines is 1. The molecule has 0 saturated carbocycles. The predicted octanol–water partition coefficient (Wildman–Crippen LogP) is 4.09. The van der Waals surface area contributed by atoms with Crippen molar-refractivity contribution in [1.29, 1.82) is 0 Å². The second-order valence-electron chi connectivity index (χ2n) is 6.65. The van der Waals surface area contributed by atoms with Gasteiger partial charge >= 0.3 is 41.5 Å². The number of anilines is 4. The number of hydrogen-bond acceptors (Lipinski definition) is 7. The second kappa shape index (κ2) is 9.23. The topological polar surface area (TPSA) is 105 Å². The van der Waals surface area contributed by atoms with Crippen LogP contribution >= 0.6 is 0 Å². The van der Waals surface area contributed by atoms with Crippen molar-refractivity contribution in [2.45, 2.75) is 13.1 Å². The van der Waals surface area contributed by atoms with Crippen molar-refractivity contribution in [3.05, 3.63) is 64.3 Å². The number of nitrogens with zero attached hydrogens (tertiary/aromatic N) is 2. The fourth-order valence-electron chi connectivity index (χ4n) is 2.88. The quantitative estimate of drug-likeness (QED) is 0.390. The van der Waals surface area contributed by atoms with Crippen molar-refractivity contribution >= 4 is 63.8 Å². The molecule has 32 heavy (non-hydrogen) atoms. The number of halogens is 3. The molecule has 8 nitrogen and oxygen atoms in total. The fraction of sp³-hybridized carbons (Fsp3) is 0.150. The molecule has 0 fully saturated rings. The van der Waals surface area contributed by atoms with Crippen molar-refractivity contribution in [3.63, 3.8) is 0 Å². The van der Waals surface area contributed by atoms with Crippen LogP contribution in [0.2, 0.25) is 0 Å². The first-order chi connectivity index (χ1) is 14.7.